The number of ether oxygens (including phenoxy) is 1. The minimum atomic E-state index is -5.08. The number of fused-ring (bicyclic) bond motifs is 1. The predicted molar refractivity (Wildman–Crippen MR) is 154 cm³/mol. The van der Waals surface area contributed by atoms with E-state index in [1.807, 2.05) is 0 Å². The van der Waals surface area contributed by atoms with Gasteiger partial charge in [0.05, 0.1) is 16.8 Å². The van der Waals surface area contributed by atoms with Crippen molar-refractivity contribution in [2.45, 2.75) is 71.2 Å². The van der Waals surface area contributed by atoms with E-state index in [9.17, 15) is 36.6 Å². The molecule has 0 saturated heterocycles. The molecule has 0 spiro atoms. The molecule has 3 rings (SSSR count). The Balaban J connectivity index is 0.000000860. The molecule has 44 heavy (non-hydrogen) atoms. The molecule has 242 valence electrons. The van der Waals surface area contributed by atoms with Crippen LogP contribution in [0.2, 0.25) is 25.7 Å². The van der Waals surface area contributed by atoms with Crippen LogP contribution in [0.25, 0.3) is 5.65 Å². The number of imidazole rings is 1. The van der Waals surface area contributed by atoms with E-state index in [4.69, 9.17) is 14.6 Å². The summed E-state index contributed by atoms with van der Waals surface area (Å²) in [5.74, 6) is -4.33. The lowest BCUT2D eigenvalue weighted by molar-refractivity contribution is -0.192. The van der Waals surface area contributed by atoms with Crippen molar-refractivity contribution >= 4 is 31.7 Å². The number of carboxylic acids is 1. The molecule has 0 bridgehead atoms. The van der Waals surface area contributed by atoms with Crippen LogP contribution in [0.5, 0.6) is 5.75 Å². The number of alkyl halides is 3. The molecule has 0 fully saturated rings. The number of pyridine rings is 1. The number of aliphatic carboxylic acids is 1. The van der Waals surface area contributed by atoms with Crippen molar-refractivity contribution in [3.63, 3.8) is 0 Å². The molecular weight excluding hydrogens is 611 g/mol. The fourth-order valence-corrected chi connectivity index (χ4v) is 5.32. The molecule has 2 aromatic heterocycles. The molecule has 0 radical (unpaired) electrons. The SMILES string of the molecule is Cc1cc(OCc2c(F)cccc2F)c2nc(C)c(C(=O)NCC(C)(CC[Si](C)(C)C)NC(=O)O)n2c1.O=C(O)C(F)(F)F. The molecule has 10 nitrogen and oxygen atoms in total. The Bertz CT molecular complexity index is 1500. The molecule has 0 aliphatic carbocycles. The molecule has 2 heterocycles. The van der Waals surface area contributed by atoms with Gasteiger partial charge >= 0.3 is 18.2 Å². The van der Waals surface area contributed by atoms with Crippen molar-refractivity contribution in [3.8, 4) is 5.75 Å². The molecule has 0 saturated carbocycles. The number of carbonyl (C=O) groups excluding carboxylic acids is 1. The maximum absolute atomic E-state index is 14.1. The van der Waals surface area contributed by atoms with Crippen molar-refractivity contribution in [1.29, 1.82) is 0 Å². The summed E-state index contributed by atoms with van der Waals surface area (Å²) in [6, 6.07) is 6.17. The second kappa shape index (κ2) is 14.0. The topological polar surface area (TPSA) is 142 Å². The number of carbonyl (C=O) groups is 3. The number of aromatic nitrogens is 2. The zero-order valence-corrected chi connectivity index (χ0v) is 26.0. The first kappa shape index (κ1) is 36.0. The quantitative estimate of drug-likeness (QED) is 0.158. The predicted octanol–water partition coefficient (Wildman–Crippen LogP) is 5.93. The van der Waals surface area contributed by atoms with Crippen LogP contribution in [0.3, 0.4) is 0 Å². The number of hydrogen-bond acceptors (Lipinski definition) is 5. The fraction of sp³-hybridized carbons (Fsp3) is 0.429. The maximum atomic E-state index is 14.1. The van der Waals surface area contributed by atoms with Gasteiger partial charge < -0.3 is 25.6 Å². The van der Waals surface area contributed by atoms with Gasteiger partial charge in [0.15, 0.2) is 11.4 Å². The van der Waals surface area contributed by atoms with E-state index in [1.165, 1.54) is 6.07 Å². The minimum absolute atomic E-state index is 0.0943. The van der Waals surface area contributed by atoms with Gasteiger partial charge in [-0.25, -0.2) is 23.4 Å². The summed E-state index contributed by atoms with van der Waals surface area (Å²) in [6.45, 7) is 11.6. The van der Waals surface area contributed by atoms with Gasteiger partial charge in [0.25, 0.3) is 5.91 Å². The average Bonchev–Trinajstić information content (AvgIpc) is 3.20. The first-order valence-corrected chi connectivity index (χ1v) is 17.0. The number of aryl methyl sites for hydroxylation is 2. The van der Waals surface area contributed by atoms with Crippen molar-refractivity contribution in [2.24, 2.45) is 0 Å². The van der Waals surface area contributed by atoms with Gasteiger partial charge in [0.1, 0.15) is 23.9 Å². The second-order valence-corrected chi connectivity index (χ2v) is 17.3. The summed E-state index contributed by atoms with van der Waals surface area (Å²) in [7, 11) is -1.45. The summed E-state index contributed by atoms with van der Waals surface area (Å²) >= 11 is 0. The Morgan fingerprint density at radius 1 is 1.07 bits per heavy atom. The molecule has 0 aliphatic rings. The zero-order chi connectivity index (χ0) is 33.6. The maximum Gasteiger partial charge on any atom is 0.490 e. The monoisotopic (exact) mass is 646 g/mol. The lowest BCUT2D eigenvalue weighted by atomic mass is 9.99. The van der Waals surface area contributed by atoms with E-state index < -0.39 is 49.4 Å². The van der Waals surface area contributed by atoms with Crippen LogP contribution >= 0.6 is 0 Å². The summed E-state index contributed by atoms with van der Waals surface area (Å²) in [5.41, 5.74) is 0.727. The Labute approximate surface area is 251 Å². The zero-order valence-electron chi connectivity index (χ0n) is 25.0. The van der Waals surface area contributed by atoms with Crippen LogP contribution in [-0.4, -0.2) is 63.9 Å². The highest BCUT2D eigenvalue weighted by Gasteiger charge is 2.38. The van der Waals surface area contributed by atoms with E-state index in [-0.39, 0.29) is 30.2 Å². The lowest BCUT2D eigenvalue weighted by Crippen LogP contribution is -2.54. The summed E-state index contributed by atoms with van der Waals surface area (Å²) in [6.07, 6.45) is -3.92. The third-order valence-corrected chi connectivity index (χ3v) is 8.11. The van der Waals surface area contributed by atoms with Gasteiger partial charge in [0.2, 0.25) is 0 Å². The van der Waals surface area contributed by atoms with Gasteiger partial charge in [-0.2, -0.15) is 13.2 Å². The van der Waals surface area contributed by atoms with Gasteiger partial charge in [0, 0.05) is 20.8 Å². The summed E-state index contributed by atoms with van der Waals surface area (Å²) < 4.78 is 67.2. The Morgan fingerprint density at radius 2 is 1.64 bits per heavy atom. The largest absolute Gasteiger partial charge is 0.490 e. The number of hydrogen-bond donors (Lipinski definition) is 4. The van der Waals surface area contributed by atoms with Gasteiger partial charge in [-0.1, -0.05) is 31.8 Å². The highest BCUT2D eigenvalue weighted by Crippen LogP contribution is 2.26. The van der Waals surface area contributed by atoms with Gasteiger partial charge in [-0.05, 0) is 51.0 Å². The number of amides is 2. The summed E-state index contributed by atoms with van der Waals surface area (Å²) in [4.78, 5) is 38.1. The molecule has 0 aliphatic heterocycles. The molecule has 4 N–H and O–H groups in total. The standard InChI is InChI=1S/C26H34F2N4O4Si.C2HF3O2/c1-16-12-21(36-14-18-19(27)8-7-9-20(18)28)23-30-17(2)22(32(23)13-16)24(33)29-15-26(3,31-25(34)35)10-11-37(4,5)6;3-2(4,5)1(6)7/h7-9,12-13,31H,10-11,14-15H2,1-6H3,(H,29,33)(H,34,35);(H,6,7). The number of nitrogens with zero attached hydrogens (tertiary/aromatic N) is 2. The molecular formula is C28H35F5N4O6Si. The number of carboxylic acid groups (broad SMARTS) is 2. The van der Waals surface area contributed by atoms with E-state index >= 15 is 0 Å². The minimum Gasteiger partial charge on any atom is -0.485 e. The van der Waals surface area contributed by atoms with Gasteiger partial charge in [-0.15, -0.1) is 0 Å². The fourth-order valence-electron chi connectivity index (χ4n) is 4.02. The van der Waals surface area contributed by atoms with Crippen LogP contribution in [0.15, 0.2) is 30.5 Å². The third kappa shape index (κ3) is 10.2. The van der Waals surface area contributed by atoms with Crippen molar-refractivity contribution in [2.75, 3.05) is 6.54 Å². The Hall–Kier alpha value is -4.21. The van der Waals surface area contributed by atoms with Crippen molar-refractivity contribution < 1.29 is 51.3 Å². The van der Waals surface area contributed by atoms with E-state index in [2.05, 4.69) is 35.3 Å². The number of benzene rings is 1. The Kier molecular flexibility index (Phi) is 11.5. The number of nitrogens with one attached hydrogen (secondary N) is 2. The molecule has 1 aromatic carbocycles. The molecule has 1 atom stereocenters. The molecule has 1 unspecified atom stereocenters. The number of halogens is 5. The summed E-state index contributed by atoms with van der Waals surface area (Å²) in [5, 5.41) is 21.9. The average molecular weight is 647 g/mol. The Morgan fingerprint density at radius 3 is 2.14 bits per heavy atom. The highest BCUT2D eigenvalue weighted by molar-refractivity contribution is 6.76. The van der Waals surface area contributed by atoms with E-state index in [0.29, 0.717) is 17.8 Å². The van der Waals surface area contributed by atoms with Crippen LogP contribution in [0, 0.1) is 25.5 Å². The van der Waals surface area contributed by atoms with Crippen LogP contribution in [0.4, 0.5) is 26.7 Å². The van der Waals surface area contributed by atoms with Crippen molar-refractivity contribution in [3.05, 3.63) is 64.6 Å². The van der Waals surface area contributed by atoms with E-state index in [0.717, 1.165) is 23.7 Å². The smallest absolute Gasteiger partial charge is 0.485 e. The van der Waals surface area contributed by atoms with Crippen LogP contribution in [-0.2, 0) is 11.4 Å². The van der Waals surface area contributed by atoms with E-state index in [1.54, 1.807) is 37.4 Å². The molecule has 16 heteroatoms. The molecule has 3 aromatic rings. The first-order valence-electron chi connectivity index (χ1n) is 13.3. The van der Waals surface area contributed by atoms with Crippen LogP contribution in [0.1, 0.15) is 40.7 Å². The second-order valence-electron chi connectivity index (χ2n) is 11.6. The van der Waals surface area contributed by atoms with Crippen molar-refractivity contribution in [1.82, 2.24) is 20.0 Å². The van der Waals surface area contributed by atoms with Gasteiger partial charge in [-0.3, -0.25) is 9.20 Å². The lowest BCUT2D eigenvalue weighted by Gasteiger charge is -2.32. The third-order valence-electron chi connectivity index (χ3n) is 6.36. The molecule has 2 amide bonds. The highest BCUT2D eigenvalue weighted by atomic mass is 28.3. The number of rotatable bonds is 10. The first-order chi connectivity index (χ1) is 20.1. The van der Waals surface area contributed by atoms with Crippen LogP contribution < -0.4 is 15.4 Å². The normalized spacial score (nSPS) is 13.0.